The predicted octanol–water partition coefficient (Wildman–Crippen LogP) is 2.29. The number of nitrogens with two attached hydrogens (primary N) is 1. The number of carbonyl (C=O) groups is 1. The summed E-state index contributed by atoms with van der Waals surface area (Å²) in [6.07, 6.45) is 1.02. The first-order valence-corrected chi connectivity index (χ1v) is 7.86. The second-order valence-corrected chi connectivity index (χ2v) is 8.08. The van der Waals surface area contributed by atoms with E-state index in [-0.39, 0.29) is 22.5 Å². The van der Waals surface area contributed by atoms with Gasteiger partial charge in [0.25, 0.3) is 0 Å². The number of rotatable bonds is 3. The van der Waals surface area contributed by atoms with Gasteiger partial charge in [-0.25, -0.2) is 0 Å². The van der Waals surface area contributed by atoms with Gasteiger partial charge < -0.3 is 10.6 Å². The van der Waals surface area contributed by atoms with E-state index in [4.69, 9.17) is 18.0 Å². The summed E-state index contributed by atoms with van der Waals surface area (Å²) < 4.78 is 0.256. The van der Waals surface area contributed by atoms with E-state index in [1.165, 1.54) is 0 Å². The summed E-state index contributed by atoms with van der Waals surface area (Å²) in [6, 6.07) is 0. The van der Waals surface area contributed by atoms with E-state index in [1.54, 1.807) is 0 Å². The van der Waals surface area contributed by atoms with Crippen molar-refractivity contribution in [1.29, 1.82) is 0 Å². The molecule has 1 heterocycles. The molecule has 0 bridgehead atoms. The monoisotopic (exact) mass is 288 g/mol. The minimum Gasteiger partial charge on any atom is -0.393 e. The van der Waals surface area contributed by atoms with Gasteiger partial charge in [0.1, 0.15) is 0 Å². The van der Waals surface area contributed by atoms with Crippen LogP contribution in [0.25, 0.3) is 0 Å². The van der Waals surface area contributed by atoms with Crippen LogP contribution in [0.2, 0.25) is 0 Å². The molecule has 1 unspecified atom stereocenters. The van der Waals surface area contributed by atoms with Gasteiger partial charge in [-0.3, -0.25) is 4.79 Å². The Bertz CT molecular complexity index is 329. The lowest BCUT2D eigenvalue weighted by Gasteiger charge is -2.28. The number of hydrogen-bond donors (Lipinski definition) is 1. The molecule has 3 nitrogen and oxygen atoms in total. The van der Waals surface area contributed by atoms with E-state index >= 15 is 0 Å². The molecule has 18 heavy (non-hydrogen) atoms. The van der Waals surface area contributed by atoms with Gasteiger partial charge in [0.05, 0.1) is 10.9 Å². The first-order chi connectivity index (χ1) is 8.24. The van der Waals surface area contributed by atoms with Crippen molar-refractivity contribution in [3.05, 3.63) is 0 Å². The minimum absolute atomic E-state index is 0.107. The number of carbonyl (C=O) groups excluding carboxylic acids is 1. The van der Waals surface area contributed by atoms with Crippen molar-refractivity contribution in [2.24, 2.45) is 17.6 Å². The third kappa shape index (κ3) is 4.12. The Morgan fingerprint density at radius 1 is 1.39 bits per heavy atom. The molecule has 1 saturated heterocycles. The quantitative estimate of drug-likeness (QED) is 0.809. The van der Waals surface area contributed by atoms with Crippen LogP contribution >= 0.6 is 24.0 Å². The molecule has 1 fully saturated rings. The molecule has 0 radical (unpaired) electrons. The molecule has 1 aliphatic heterocycles. The molecule has 1 rings (SSSR count). The van der Waals surface area contributed by atoms with Gasteiger partial charge in [0.15, 0.2) is 0 Å². The van der Waals surface area contributed by atoms with E-state index < -0.39 is 0 Å². The van der Waals surface area contributed by atoms with Crippen molar-refractivity contribution in [3.63, 3.8) is 0 Å². The summed E-state index contributed by atoms with van der Waals surface area (Å²) in [6.45, 7) is 10.1. The average molecular weight is 288 g/mol. The summed E-state index contributed by atoms with van der Waals surface area (Å²) in [5.41, 5.74) is 5.72. The van der Waals surface area contributed by atoms with Crippen LogP contribution < -0.4 is 5.73 Å². The summed E-state index contributed by atoms with van der Waals surface area (Å²) in [5, 5.41) is 0. The third-order valence-corrected chi connectivity index (χ3v) is 5.01. The summed E-state index contributed by atoms with van der Waals surface area (Å²) in [7, 11) is 0. The molecule has 1 atom stereocenters. The van der Waals surface area contributed by atoms with Crippen LogP contribution in [-0.2, 0) is 4.79 Å². The van der Waals surface area contributed by atoms with Gasteiger partial charge in [-0.15, -0.1) is 0 Å². The van der Waals surface area contributed by atoms with Crippen molar-refractivity contribution in [2.75, 3.05) is 18.8 Å². The maximum atomic E-state index is 12.5. The molecule has 0 aliphatic carbocycles. The fourth-order valence-electron chi connectivity index (χ4n) is 2.17. The normalized spacial score (nSPS) is 21.5. The van der Waals surface area contributed by atoms with Crippen molar-refractivity contribution in [1.82, 2.24) is 4.90 Å². The maximum absolute atomic E-state index is 12.5. The average Bonchev–Trinajstić information content (AvgIpc) is 2.38. The lowest BCUT2D eigenvalue weighted by Crippen LogP contribution is -2.44. The predicted molar refractivity (Wildman–Crippen MR) is 82.8 cm³/mol. The zero-order chi connectivity index (χ0) is 13.9. The highest BCUT2D eigenvalue weighted by Gasteiger charge is 2.32. The summed E-state index contributed by atoms with van der Waals surface area (Å²) in [4.78, 5) is 14.8. The molecule has 104 valence electrons. The first-order valence-electron chi connectivity index (χ1n) is 6.46. The van der Waals surface area contributed by atoms with Gasteiger partial charge in [-0.2, -0.15) is 11.8 Å². The number of thiocarbonyl (C=S) groups is 1. The molecule has 0 aromatic heterocycles. The zero-order valence-electron chi connectivity index (χ0n) is 11.7. The molecule has 2 N–H and O–H groups in total. The number of thioether (sulfide) groups is 1. The van der Waals surface area contributed by atoms with Crippen molar-refractivity contribution < 1.29 is 4.79 Å². The summed E-state index contributed by atoms with van der Waals surface area (Å²) >= 11 is 6.98. The topological polar surface area (TPSA) is 46.3 Å². The molecule has 5 heteroatoms. The second kappa shape index (κ2) is 6.24. The molecule has 0 aromatic carbocycles. The minimum atomic E-state index is -0.314. The number of nitrogens with zero attached hydrogens (tertiary/aromatic N) is 1. The Kier molecular flexibility index (Phi) is 5.46. The summed E-state index contributed by atoms with van der Waals surface area (Å²) in [5.74, 6) is 0.946. The lowest BCUT2D eigenvalue weighted by atomic mass is 9.94. The molecule has 1 amide bonds. The Balaban J connectivity index is 2.74. The molecule has 1 aliphatic rings. The smallest absolute Gasteiger partial charge is 0.232 e. The maximum Gasteiger partial charge on any atom is 0.232 e. The highest BCUT2D eigenvalue weighted by Crippen LogP contribution is 2.31. The van der Waals surface area contributed by atoms with Crippen LogP contribution in [0.15, 0.2) is 0 Å². The zero-order valence-corrected chi connectivity index (χ0v) is 13.4. The molecular weight excluding hydrogens is 264 g/mol. The van der Waals surface area contributed by atoms with E-state index in [0.717, 1.165) is 25.3 Å². The number of amides is 1. The van der Waals surface area contributed by atoms with Crippen LogP contribution in [0.1, 0.15) is 34.1 Å². The second-order valence-electron chi connectivity index (χ2n) is 5.81. The van der Waals surface area contributed by atoms with Gasteiger partial charge in [-0.05, 0) is 12.3 Å². The Morgan fingerprint density at radius 3 is 2.50 bits per heavy atom. The highest BCUT2D eigenvalue weighted by molar-refractivity contribution is 8.00. The van der Waals surface area contributed by atoms with E-state index in [0.29, 0.717) is 4.99 Å². The Hall–Kier alpha value is -0.290. The fraction of sp³-hybridized carbons (Fsp3) is 0.846. The van der Waals surface area contributed by atoms with Crippen LogP contribution in [0.3, 0.4) is 0 Å². The van der Waals surface area contributed by atoms with Gasteiger partial charge in [-0.1, -0.05) is 39.9 Å². The standard InChI is InChI=1S/C13H24N2OS2/c1-9(2)10(11(14)17)12(16)15-6-5-13(3,4)18-8-7-15/h9-10H,5-8H2,1-4H3,(H2,14,17). The van der Waals surface area contributed by atoms with E-state index in [1.807, 2.05) is 30.5 Å². The van der Waals surface area contributed by atoms with Gasteiger partial charge in [0.2, 0.25) is 5.91 Å². The molecule has 0 spiro atoms. The van der Waals surface area contributed by atoms with Crippen LogP contribution in [-0.4, -0.2) is 39.4 Å². The fourth-order valence-corrected chi connectivity index (χ4v) is 3.65. The van der Waals surface area contributed by atoms with E-state index in [2.05, 4.69) is 13.8 Å². The molecule has 0 saturated carbocycles. The van der Waals surface area contributed by atoms with Crippen molar-refractivity contribution in [2.45, 2.75) is 38.9 Å². The Labute approximate surface area is 120 Å². The van der Waals surface area contributed by atoms with Crippen LogP contribution in [0.5, 0.6) is 0 Å². The van der Waals surface area contributed by atoms with Crippen molar-refractivity contribution in [3.8, 4) is 0 Å². The van der Waals surface area contributed by atoms with E-state index in [9.17, 15) is 4.79 Å². The van der Waals surface area contributed by atoms with Crippen LogP contribution in [0.4, 0.5) is 0 Å². The molecule has 0 aromatic rings. The van der Waals surface area contributed by atoms with Gasteiger partial charge >= 0.3 is 0 Å². The Morgan fingerprint density at radius 2 is 2.00 bits per heavy atom. The SMILES string of the molecule is CC(C)C(C(=O)N1CCSC(C)(C)CC1)C(N)=S. The molecular formula is C13H24N2OS2. The van der Waals surface area contributed by atoms with Gasteiger partial charge in [0, 0.05) is 23.6 Å². The highest BCUT2D eigenvalue weighted by atomic mass is 32.2. The first kappa shape index (κ1) is 15.8. The number of hydrogen-bond acceptors (Lipinski definition) is 3. The van der Waals surface area contributed by atoms with Crippen molar-refractivity contribution >= 4 is 34.9 Å². The largest absolute Gasteiger partial charge is 0.393 e. The third-order valence-electron chi connectivity index (χ3n) is 3.39. The van der Waals surface area contributed by atoms with Crippen LogP contribution in [0, 0.1) is 11.8 Å². The lowest BCUT2D eigenvalue weighted by molar-refractivity contribution is -0.134.